The van der Waals surface area contributed by atoms with E-state index in [4.69, 9.17) is 17.3 Å². The molecule has 0 radical (unpaired) electrons. The zero-order valence-electron chi connectivity index (χ0n) is 12.6. The summed E-state index contributed by atoms with van der Waals surface area (Å²) in [6.07, 6.45) is 1.05. The molecular weight excluding hydrogens is 282 g/mol. The molecule has 0 spiro atoms. The Labute approximate surface area is 130 Å². The second kappa shape index (κ2) is 5.90. The SMILES string of the molecule is CCC(C)(C)c1ccc(C(=O)c2cc(N)cc(Cl)c2)cc1. The first-order valence-corrected chi connectivity index (χ1v) is 7.42. The average Bonchev–Trinajstić information content (AvgIpc) is 2.45. The molecule has 0 fully saturated rings. The molecule has 0 saturated heterocycles. The van der Waals surface area contributed by atoms with Crippen LogP contribution < -0.4 is 5.73 Å². The van der Waals surface area contributed by atoms with E-state index in [9.17, 15) is 4.79 Å². The van der Waals surface area contributed by atoms with Crippen LogP contribution in [0.1, 0.15) is 48.7 Å². The molecule has 0 aliphatic rings. The maximum absolute atomic E-state index is 12.5. The van der Waals surface area contributed by atoms with Crippen molar-refractivity contribution in [3.63, 3.8) is 0 Å². The van der Waals surface area contributed by atoms with Gasteiger partial charge in [-0.25, -0.2) is 0 Å². The minimum atomic E-state index is -0.0648. The van der Waals surface area contributed by atoms with Crippen molar-refractivity contribution in [2.24, 2.45) is 0 Å². The Kier molecular flexibility index (Phi) is 4.38. The lowest BCUT2D eigenvalue weighted by molar-refractivity contribution is 0.103. The molecule has 2 rings (SSSR count). The van der Waals surface area contributed by atoms with Crippen molar-refractivity contribution >= 4 is 23.1 Å². The van der Waals surface area contributed by atoms with Crippen LogP contribution in [-0.2, 0) is 5.41 Å². The maximum Gasteiger partial charge on any atom is 0.193 e. The van der Waals surface area contributed by atoms with E-state index in [1.807, 2.05) is 24.3 Å². The van der Waals surface area contributed by atoms with Gasteiger partial charge in [0.15, 0.2) is 5.78 Å². The summed E-state index contributed by atoms with van der Waals surface area (Å²) in [6, 6.07) is 12.7. The van der Waals surface area contributed by atoms with Crippen molar-refractivity contribution in [2.45, 2.75) is 32.6 Å². The van der Waals surface area contributed by atoms with E-state index in [1.54, 1.807) is 18.2 Å². The molecule has 3 heteroatoms. The Morgan fingerprint density at radius 3 is 2.24 bits per heavy atom. The van der Waals surface area contributed by atoms with Crippen molar-refractivity contribution in [3.8, 4) is 0 Å². The monoisotopic (exact) mass is 301 g/mol. The molecule has 2 aromatic rings. The van der Waals surface area contributed by atoms with Crippen LogP contribution >= 0.6 is 11.6 Å². The number of nitrogen functional groups attached to an aromatic ring is 1. The molecule has 0 atom stereocenters. The summed E-state index contributed by atoms with van der Waals surface area (Å²) in [4.78, 5) is 12.5. The molecule has 0 heterocycles. The van der Waals surface area contributed by atoms with Crippen LogP contribution in [0.4, 0.5) is 5.69 Å². The van der Waals surface area contributed by atoms with Gasteiger partial charge in [0, 0.05) is 21.8 Å². The largest absolute Gasteiger partial charge is 0.399 e. The van der Waals surface area contributed by atoms with Gasteiger partial charge in [0.2, 0.25) is 0 Å². The van der Waals surface area contributed by atoms with Crippen molar-refractivity contribution < 1.29 is 4.79 Å². The van der Waals surface area contributed by atoms with Gasteiger partial charge in [0.25, 0.3) is 0 Å². The van der Waals surface area contributed by atoms with E-state index in [0.29, 0.717) is 21.8 Å². The topological polar surface area (TPSA) is 43.1 Å². The standard InChI is InChI=1S/C18H20ClNO/c1-4-18(2,3)14-7-5-12(6-8-14)17(21)13-9-15(19)11-16(20)10-13/h5-11H,4,20H2,1-3H3. The molecule has 2 N–H and O–H groups in total. The Morgan fingerprint density at radius 1 is 1.10 bits per heavy atom. The van der Waals surface area contributed by atoms with Crippen LogP contribution in [0.25, 0.3) is 0 Å². The van der Waals surface area contributed by atoms with Crippen LogP contribution in [0, 0.1) is 0 Å². The van der Waals surface area contributed by atoms with Crippen LogP contribution in [0.15, 0.2) is 42.5 Å². The highest BCUT2D eigenvalue weighted by atomic mass is 35.5. The van der Waals surface area contributed by atoms with Gasteiger partial charge in [-0.2, -0.15) is 0 Å². The smallest absolute Gasteiger partial charge is 0.193 e. The molecule has 2 nitrogen and oxygen atoms in total. The number of ketones is 1. The molecule has 0 amide bonds. The molecule has 110 valence electrons. The number of hydrogen-bond acceptors (Lipinski definition) is 2. The zero-order chi connectivity index (χ0) is 15.6. The maximum atomic E-state index is 12.5. The Balaban J connectivity index is 2.32. The fourth-order valence-electron chi connectivity index (χ4n) is 2.19. The molecule has 0 aliphatic carbocycles. The predicted molar refractivity (Wildman–Crippen MR) is 89.1 cm³/mol. The van der Waals surface area contributed by atoms with Crippen LogP contribution in [0.5, 0.6) is 0 Å². The van der Waals surface area contributed by atoms with E-state index < -0.39 is 0 Å². The average molecular weight is 302 g/mol. The lowest BCUT2D eigenvalue weighted by atomic mass is 9.82. The second-order valence-electron chi connectivity index (χ2n) is 5.92. The van der Waals surface area contributed by atoms with Gasteiger partial charge in [-0.3, -0.25) is 4.79 Å². The molecule has 0 aliphatic heterocycles. The molecule has 0 unspecified atom stereocenters. The van der Waals surface area contributed by atoms with Crippen molar-refractivity contribution in [1.29, 1.82) is 0 Å². The van der Waals surface area contributed by atoms with E-state index in [1.165, 1.54) is 5.56 Å². The second-order valence-corrected chi connectivity index (χ2v) is 6.35. The van der Waals surface area contributed by atoms with Gasteiger partial charge in [-0.15, -0.1) is 0 Å². The van der Waals surface area contributed by atoms with Crippen molar-refractivity contribution in [2.75, 3.05) is 5.73 Å². The van der Waals surface area contributed by atoms with Gasteiger partial charge >= 0.3 is 0 Å². The van der Waals surface area contributed by atoms with E-state index in [0.717, 1.165) is 6.42 Å². The van der Waals surface area contributed by atoms with E-state index >= 15 is 0 Å². The van der Waals surface area contributed by atoms with Gasteiger partial charge < -0.3 is 5.73 Å². The normalized spacial score (nSPS) is 11.4. The highest BCUT2D eigenvalue weighted by Crippen LogP contribution is 2.27. The summed E-state index contributed by atoms with van der Waals surface area (Å²) < 4.78 is 0. The highest BCUT2D eigenvalue weighted by Gasteiger charge is 2.18. The number of halogens is 1. The lowest BCUT2D eigenvalue weighted by Crippen LogP contribution is -2.15. The molecule has 0 bridgehead atoms. The third-order valence-corrected chi connectivity index (χ3v) is 4.21. The van der Waals surface area contributed by atoms with Crippen molar-refractivity contribution in [1.82, 2.24) is 0 Å². The molecule has 0 saturated carbocycles. The summed E-state index contributed by atoms with van der Waals surface area (Å²) in [5, 5.41) is 0.474. The van der Waals surface area contributed by atoms with E-state index in [-0.39, 0.29) is 11.2 Å². The third-order valence-electron chi connectivity index (χ3n) is 3.99. The fraction of sp³-hybridized carbons (Fsp3) is 0.278. The number of rotatable bonds is 4. The van der Waals surface area contributed by atoms with Crippen molar-refractivity contribution in [3.05, 3.63) is 64.2 Å². The van der Waals surface area contributed by atoms with Gasteiger partial charge in [0.05, 0.1) is 0 Å². The Bertz CT molecular complexity index is 639. The summed E-state index contributed by atoms with van der Waals surface area (Å²) in [5.41, 5.74) is 8.74. The van der Waals surface area contributed by atoms with Gasteiger partial charge in [-0.1, -0.05) is 56.6 Å². The summed E-state index contributed by atoms with van der Waals surface area (Å²) in [5.74, 6) is -0.0648. The first-order chi connectivity index (χ1) is 9.83. The molecule has 0 aromatic heterocycles. The summed E-state index contributed by atoms with van der Waals surface area (Å²) >= 11 is 5.95. The number of anilines is 1. The Morgan fingerprint density at radius 2 is 1.71 bits per heavy atom. The molecule has 2 aromatic carbocycles. The minimum Gasteiger partial charge on any atom is -0.399 e. The summed E-state index contributed by atoms with van der Waals surface area (Å²) in [7, 11) is 0. The minimum absolute atomic E-state index is 0.0648. The number of nitrogens with two attached hydrogens (primary N) is 1. The fourth-order valence-corrected chi connectivity index (χ4v) is 2.43. The Hall–Kier alpha value is -1.80. The predicted octanol–water partition coefficient (Wildman–Crippen LogP) is 4.84. The number of carbonyl (C=O) groups is 1. The number of hydrogen-bond donors (Lipinski definition) is 1. The number of benzene rings is 2. The first-order valence-electron chi connectivity index (χ1n) is 7.05. The van der Waals surface area contributed by atoms with Gasteiger partial charge in [0.1, 0.15) is 0 Å². The third kappa shape index (κ3) is 3.45. The molecule has 21 heavy (non-hydrogen) atoms. The van der Waals surface area contributed by atoms with Crippen LogP contribution in [-0.4, -0.2) is 5.78 Å². The number of carbonyl (C=O) groups excluding carboxylic acids is 1. The lowest BCUT2D eigenvalue weighted by Gasteiger charge is -2.23. The van der Waals surface area contributed by atoms with Crippen LogP contribution in [0.2, 0.25) is 5.02 Å². The quantitative estimate of drug-likeness (QED) is 0.648. The zero-order valence-corrected chi connectivity index (χ0v) is 13.4. The highest BCUT2D eigenvalue weighted by molar-refractivity contribution is 6.31. The van der Waals surface area contributed by atoms with Gasteiger partial charge in [-0.05, 0) is 35.6 Å². The molecular formula is C18H20ClNO. The summed E-state index contributed by atoms with van der Waals surface area (Å²) in [6.45, 7) is 6.55. The van der Waals surface area contributed by atoms with Crippen LogP contribution in [0.3, 0.4) is 0 Å². The van der Waals surface area contributed by atoms with E-state index in [2.05, 4.69) is 20.8 Å². The first kappa shape index (κ1) is 15.6.